The second-order valence-electron chi connectivity index (χ2n) is 4.67. The second-order valence-corrected chi connectivity index (χ2v) is 4.67. The summed E-state index contributed by atoms with van der Waals surface area (Å²) in [6.07, 6.45) is 10.8. The predicted octanol–water partition coefficient (Wildman–Crippen LogP) is 2.22. The lowest BCUT2D eigenvalue weighted by Crippen LogP contribution is -2.45. The van der Waals surface area contributed by atoms with Crippen molar-refractivity contribution in [1.82, 2.24) is 9.97 Å². The van der Waals surface area contributed by atoms with E-state index in [1.165, 1.54) is 19.3 Å². The van der Waals surface area contributed by atoms with Crippen molar-refractivity contribution in [3.05, 3.63) is 24.3 Å². The molecule has 17 heavy (non-hydrogen) atoms. The quantitative estimate of drug-likeness (QED) is 0.869. The minimum atomic E-state index is -0.233. The molecule has 1 saturated carbocycles. The van der Waals surface area contributed by atoms with Crippen molar-refractivity contribution in [1.29, 1.82) is 0 Å². The van der Waals surface area contributed by atoms with Crippen LogP contribution in [0.1, 0.15) is 50.8 Å². The second kappa shape index (κ2) is 5.56. The smallest absolute Gasteiger partial charge is 0.0890 e. The van der Waals surface area contributed by atoms with Crippen molar-refractivity contribution in [3.63, 3.8) is 0 Å². The maximum absolute atomic E-state index is 6.36. The molecule has 1 aliphatic carbocycles. The monoisotopic (exact) mass is 235 g/mol. The van der Waals surface area contributed by atoms with Crippen molar-refractivity contribution < 1.29 is 4.74 Å². The maximum atomic E-state index is 6.36. The standard InChI is InChI=1S/C13H21N3O/c1-2-17-13(6-4-3-5-7-13)12(14)11-10-15-8-9-16-11/h8-10,12H,2-7,14H2,1H3. The normalized spacial score (nSPS) is 21.1. The van der Waals surface area contributed by atoms with Crippen LogP contribution >= 0.6 is 0 Å². The van der Waals surface area contributed by atoms with Crippen LogP contribution in [0.15, 0.2) is 18.6 Å². The summed E-state index contributed by atoms with van der Waals surface area (Å²) in [4.78, 5) is 8.41. The molecule has 0 aromatic carbocycles. The Morgan fingerprint density at radius 1 is 1.35 bits per heavy atom. The summed E-state index contributed by atoms with van der Waals surface area (Å²) >= 11 is 0. The molecule has 1 fully saturated rings. The summed E-state index contributed by atoms with van der Waals surface area (Å²) in [6, 6.07) is -0.170. The van der Waals surface area contributed by atoms with Crippen LogP contribution in [-0.4, -0.2) is 22.2 Å². The molecule has 1 heterocycles. The third-order valence-electron chi connectivity index (χ3n) is 3.60. The van der Waals surface area contributed by atoms with Crippen LogP contribution in [0.25, 0.3) is 0 Å². The average Bonchev–Trinajstić information content (AvgIpc) is 2.40. The molecule has 1 aromatic heterocycles. The highest BCUT2D eigenvalue weighted by atomic mass is 16.5. The molecule has 0 radical (unpaired) electrons. The molecule has 0 saturated heterocycles. The number of hydrogen-bond donors (Lipinski definition) is 1. The molecule has 1 aromatic rings. The number of nitrogens with zero attached hydrogens (tertiary/aromatic N) is 2. The van der Waals surface area contributed by atoms with Gasteiger partial charge in [-0.1, -0.05) is 19.3 Å². The van der Waals surface area contributed by atoms with Gasteiger partial charge in [0.2, 0.25) is 0 Å². The first-order valence-electron chi connectivity index (χ1n) is 6.44. The molecular formula is C13H21N3O. The Bertz CT molecular complexity index is 330. The minimum Gasteiger partial charge on any atom is -0.373 e. The zero-order valence-corrected chi connectivity index (χ0v) is 10.4. The number of nitrogens with two attached hydrogens (primary N) is 1. The van der Waals surface area contributed by atoms with Crippen molar-refractivity contribution in [2.75, 3.05) is 6.61 Å². The number of rotatable bonds is 4. The van der Waals surface area contributed by atoms with Crippen molar-refractivity contribution in [2.24, 2.45) is 5.73 Å². The predicted molar refractivity (Wildman–Crippen MR) is 66.4 cm³/mol. The Morgan fingerprint density at radius 2 is 2.12 bits per heavy atom. The third kappa shape index (κ3) is 2.64. The van der Waals surface area contributed by atoms with Crippen LogP contribution in [0.5, 0.6) is 0 Å². The Labute approximate surface area is 103 Å². The largest absolute Gasteiger partial charge is 0.373 e. The first-order valence-corrected chi connectivity index (χ1v) is 6.44. The maximum Gasteiger partial charge on any atom is 0.0890 e. The van der Waals surface area contributed by atoms with Gasteiger partial charge in [-0.3, -0.25) is 9.97 Å². The lowest BCUT2D eigenvalue weighted by molar-refractivity contribution is -0.0839. The molecule has 2 rings (SSSR count). The Kier molecular flexibility index (Phi) is 4.07. The van der Waals surface area contributed by atoms with Crippen molar-refractivity contribution in [2.45, 2.75) is 50.7 Å². The molecule has 0 spiro atoms. The first-order chi connectivity index (χ1) is 8.28. The van der Waals surface area contributed by atoms with Gasteiger partial charge in [-0.15, -0.1) is 0 Å². The van der Waals surface area contributed by atoms with Gasteiger partial charge in [-0.05, 0) is 19.8 Å². The SMILES string of the molecule is CCOC1(C(N)c2cnccn2)CCCCC1. The molecule has 0 bridgehead atoms. The van der Waals surface area contributed by atoms with Gasteiger partial charge in [0.15, 0.2) is 0 Å². The molecule has 94 valence electrons. The molecule has 1 atom stereocenters. The van der Waals surface area contributed by atoms with E-state index in [4.69, 9.17) is 10.5 Å². The van der Waals surface area contributed by atoms with Gasteiger partial charge in [0.1, 0.15) is 0 Å². The average molecular weight is 235 g/mol. The van der Waals surface area contributed by atoms with Gasteiger partial charge in [-0.25, -0.2) is 0 Å². The number of ether oxygens (including phenoxy) is 1. The Balaban J connectivity index is 2.20. The fraction of sp³-hybridized carbons (Fsp3) is 0.692. The zero-order valence-electron chi connectivity index (χ0n) is 10.4. The lowest BCUT2D eigenvalue weighted by atomic mass is 9.78. The highest BCUT2D eigenvalue weighted by Gasteiger charge is 2.40. The van der Waals surface area contributed by atoms with Crippen molar-refractivity contribution in [3.8, 4) is 0 Å². The van der Waals surface area contributed by atoms with E-state index in [1.807, 2.05) is 6.92 Å². The fourth-order valence-corrected chi connectivity index (χ4v) is 2.72. The molecule has 0 aliphatic heterocycles. The fourth-order valence-electron chi connectivity index (χ4n) is 2.72. The van der Waals surface area contributed by atoms with E-state index in [1.54, 1.807) is 18.6 Å². The van der Waals surface area contributed by atoms with Crippen LogP contribution < -0.4 is 5.73 Å². The summed E-state index contributed by atoms with van der Waals surface area (Å²) in [5.41, 5.74) is 6.97. The minimum absolute atomic E-state index is 0.170. The van der Waals surface area contributed by atoms with Crippen LogP contribution in [0.3, 0.4) is 0 Å². The van der Waals surface area contributed by atoms with E-state index in [9.17, 15) is 0 Å². The van der Waals surface area contributed by atoms with E-state index in [-0.39, 0.29) is 11.6 Å². The van der Waals surface area contributed by atoms with Crippen LogP contribution in [0, 0.1) is 0 Å². The first kappa shape index (κ1) is 12.5. The summed E-state index contributed by atoms with van der Waals surface area (Å²) in [5, 5.41) is 0. The van der Waals surface area contributed by atoms with Gasteiger partial charge in [0.25, 0.3) is 0 Å². The van der Waals surface area contributed by atoms with Gasteiger partial charge in [-0.2, -0.15) is 0 Å². The van der Waals surface area contributed by atoms with E-state index < -0.39 is 0 Å². The van der Waals surface area contributed by atoms with Crippen LogP contribution in [0.4, 0.5) is 0 Å². The number of aromatic nitrogens is 2. The van der Waals surface area contributed by atoms with Gasteiger partial charge in [0.05, 0.1) is 23.5 Å². The van der Waals surface area contributed by atoms with E-state index in [2.05, 4.69) is 9.97 Å². The molecule has 1 aliphatic rings. The Morgan fingerprint density at radius 3 is 2.71 bits per heavy atom. The molecule has 4 nitrogen and oxygen atoms in total. The molecular weight excluding hydrogens is 214 g/mol. The zero-order chi connectivity index (χ0) is 12.1. The lowest BCUT2D eigenvalue weighted by Gasteiger charge is -2.41. The van der Waals surface area contributed by atoms with Gasteiger partial charge < -0.3 is 10.5 Å². The molecule has 4 heteroatoms. The van der Waals surface area contributed by atoms with E-state index in [0.29, 0.717) is 6.61 Å². The highest BCUT2D eigenvalue weighted by Crippen LogP contribution is 2.39. The molecule has 1 unspecified atom stereocenters. The van der Waals surface area contributed by atoms with Gasteiger partial charge >= 0.3 is 0 Å². The number of hydrogen-bond acceptors (Lipinski definition) is 4. The summed E-state index contributed by atoms with van der Waals surface area (Å²) < 4.78 is 5.99. The summed E-state index contributed by atoms with van der Waals surface area (Å²) in [6.45, 7) is 2.73. The summed E-state index contributed by atoms with van der Waals surface area (Å²) in [5.74, 6) is 0. The topological polar surface area (TPSA) is 61.0 Å². The van der Waals surface area contributed by atoms with Crippen LogP contribution in [0.2, 0.25) is 0 Å². The van der Waals surface area contributed by atoms with Gasteiger partial charge in [0, 0.05) is 19.0 Å². The van der Waals surface area contributed by atoms with E-state index >= 15 is 0 Å². The summed E-state index contributed by atoms with van der Waals surface area (Å²) in [7, 11) is 0. The highest BCUT2D eigenvalue weighted by molar-refractivity contribution is 5.10. The van der Waals surface area contributed by atoms with Crippen molar-refractivity contribution >= 4 is 0 Å². The molecule has 0 amide bonds. The third-order valence-corrected chi connectivity index (χ3v) is 3.60. The molecule has 2 N–H and O–H groups in total. The van der Waals surface area contributed by atoms with E-state index in [0.717, 1.165) is 18.5 Å². The Hall–Kier alpha value is -1.00. The van der Waals surface area contributed by atoms with Crippen LogP contribution in [-0.2, 0) is 4.74 Å².